The Morgan fingerprint density at radius 3 is 2.70 bits per heavy atom. The average molecular weight is 275 g/mol. The molecule has 20 heavy (non-hydrogen) atoms. The van der Waals surface area contributed by atoms with E-state index < -0.39 is 0 Å². The number of unbranched alkanes of at least 4 members (excludes halogenated alkanes) is 3. The molecule has 0 unspecified atom stereocenters. The third-order valence-electron chi connectivity index (χ3n) is 3.80. The van der Waals surface area contributed by atoms with Crippen LogP contribution < -0.4 is 10.1 Å². The minimum absolute atomic E-state index is 0.256. The second kappa shape index (κ2) is 7.12. The fraction of sp³-hybridized carbons (Fsp3) is 0.667. The second-order valence-corrected chi connectivity index (χ2v) is 6.88. The van der Waals surface area contributed by atoms with E-state index in [9.17, 15) is 0 Å². The highest BCUT2D eigenvalue weighted by Gasteiger charge is 2.11. The number of nitrogens with one attached hydrogen (secondary N) is 1. The first kappa shape index (κ1) is 15.4. The quantitative estimate of drug-likeness (QED) is 0.756. The number of hydrogen-bond acceptors (Lipinski definition) is 2. The lowest BCUT2D eigenvalue weighted by molar-refractivity contribution is 0.357. The first-order chi connectivity index (χ1) is 9.54. The van der Waals surface area contributed by atoms with Gasteiger partial charge in [-0.1, -0.05) is 25.0 Å². The number of fused-ring (bicyclic) bond motifs is 1. The van der Waals surface area contributed by atoms with Crippen LogP contribution in [0.4, 0.5) is 0 Å². The van der Waals surface area contributed by atoms with Crippen molar-refractivity contribution >= 4 is 0 Å². The first-order valence-electron chi connectivity index (χ1n) is 8.04. The second-order valence-electron chi connectivity index (χ2n) is 6.88. The molecule has 0 atom stereocenters. The topological polar surface area (TPSA) is 21.3 Å². The van der Waals surface area contributed by atoms with E-state index in [1.54, 1.807) is 0 Å². The molecule has 112 valence electrons. The van der Waals surface area contributed by atoms with Gasteiger partial charge in [-0.25, -0.2) is 0 Å². The van der Waals surface area contributed by atoms with Crippen molar-refractivity contribution in [2.45, 2.75) is 64.8 Å². The normalized spacial score (nSPS) is 14.2. The molecule has 1 aliphatic rings. The zero-order chi connectivity index (χ0) is 14.4. The molecule has 2 nitrogen and oxygen atoms in total. The van der Waals surface area contributed by atoms with Crippen LogP contribution in [0.25, 0.3) is 0 Å². The Labute approximate surface area is 123 Å². The fourth-order valence-corrected chi connectivity index (χ4v) is 2.67. The van der Waals surface area contributed by atoms with Gasteiger partial charge in [0.25, 0.3) is 0 Å². The van der Waals surface area contributed by atoms with Crippen molar-refractivity contribution in [3.8, 4) is 5.75 Å². The molecule has 1 aromatic carbocycles. The molecular formula is C18H29NO. The number of ether oxygens (including phenoxy) is 1. The van der Waals surface area contributed by atoms with Crippen LogP contribution in [0.15, 0.2) is 18.2 Å². The first-order valence-corrected chi connectivity index (χ1v) is 8.04. The number of aryl methyl sites for hydroxylation is 1. The van der Waals surface area contributed by atoms with E-state index in [2.05, 4.69) is 44.3 Å². The molecular weight excluding hydrogens is 246 g/mol. The summed E-state index contributed by atoms with van der Waals surface area (Å²) in [5.74, 6) is 1.10. The molecule has 1 aliphatic heterocycles. The zero-order valence-electron chi connectivity index (χ0n) is 13.3. The summed E-state index contributed by atoms with van der Waals surface area (Å²) in [5, 5.41) is 3.54. The zero-order valence-corrected chi connectivity index (χ0v) is 13.3. The van der Waals surface area contributed by atoms with Gasteiger partial charge < -0.3 is 10.1 Å². The molecule has 0 bridgehead atoms. The Morgan fingerprint density at radius 1 is 1.10 bits per heavy atom. The van der Waals surface area contributed by atoms with Gasteiger partial charge in [-0.05, 0) is 63.8 Å². The molecule has 1 aromatic rings. The molecule has 0 radical (unpaired) electrons. The smallest absolute Gasteiger partial charge is 0.122 e. The maximum atomic E-state index is 5.54. The molecule has 0 spiro atoms. The highest BCUT2D eigenvalue weighted by Crippen LogP contribution is 2.26. The number of hydrogen-bond donors (Lipinski definition) is 1. The van der Waals surface area contributed by atoms with Gasteiger partial charge in [-0.2, -0.15) is 0 Å². The molecule has 0 aliphatic carbocycles. The van der Waals surface area contributed by atoms with E-state index in [0.29, 0.717) is 0 Å². The molecule has 0 aromatic heterocycles. The minimum atomic E-state index is 0.256. The SMILES string of the molecule is CC(C)(C)NCCCCCCc1ccc2c(c1)CCO2. The summed E-state index contributed by atoms with van der Waals surface area (Å²) < 4.78 is 5.54. The Bertz CT molecular complexity index is 420. The van der Waals surface area contributed by atoms with Gasteiger partial charge in [0.05, 0.1) is 6.61 Å². The lowest BCUT2D eigenvalue weighted by Crippen LogP contribution is -2.36. The number of benzene rings is 1. The van der Waals surface area contributed by atoms with Gasteiger partial charge in [0.2, 0.25) is 0 Å². The Kier molecular flexibility index (Phi) is 5.47. The minimum Gasteiger partial charge on any atom is -0.493 e. The predicted octanol–water partition coefficient (Wildman–Crippen LogP) is 4.11. The van der Waals surface area contributed by atoms with Crippen LogP contribution in [0.3, 0.4) is 0 Å². The fourth-order valence-electron chi connectivity index (χ4n) is 2.67. The van der Waals surface area contributed by atoms with Crippen LogP contribution >= 0.6 is 0 Å². The molecule has 1 heterocycles. The van der Waals surface area contributed by atoms with E-state index in [-0.39, 0.29) is 5.54 Å². The molecule has 0 saturated heterocycles. The lowest BCUT2D eigenvalue weighted by atomic mass is 10.0. The van der Waals surface area contributed by atoms with Crippen LogP contribution in [0.5, 0.6) is 5.75 Å². The Hall–Kier alpha value is -1.02. The van der Waals surface area contributed by atoms with Crippen LogP contribution in [-0.4, -0.2) is 18.7 Å². The summed E-state index contributed by atoms with van der Waals surface area (Å²) in [5.41, 5.74) is 3.13. The monoisotopic (exact) mass is 275 g/mol. The maximum absolute atomic E-state index is 5.54. The molecule has 1 N–H and O–H groups in total. The Balaban J connectivity index is 1.57. The number of rotatable bonds is 7. The predicted molar refractivity (Wildman–Crippen MR) is 85.6 cm³/mol. The molecule has 0 saturated carbocycles. The van der Waals surface area contributed by atoms with Crippen molar-refractivity contribution in [2.24, 2.45) is 0 Å². The molecule has 2 rings (SSSR count). The van der Waals surface area contributed by atoms with Crippen molar-refractivity contribution < 1.29 is 4.74 Å². The van der Waals surface area contributed by atoms with Crippen molar-refractivity contribution in [1.29, 1.82) is 0 Å². The standard InChI is InChI=1S/C18H29NO/c1-18(2,3)19-12-7-5-4-6-8-15-9-10-17-16(14-15)11-13-20-17/h9-10,14,19H,4-8,11-13H2,1-3H3. The van der Waals surface area contributed by atoms with Crippen LogP contribution in [0.1, 0.15) is 57.6 Å². The van der Waals surface area contributed by atoms with Gasteiger partial charge >= 0.3 is 0 Å². The van der Waals surface area contributed by atoms with Crippen molar-refractivity contribution in [2.75, 3.05) is 13.2 Å². The lowest BCUT2D eigenvalue weighted by Gasteiger charge is -2.20. The third kappa shape index (κ3) is 5.16. The van der Waals surface area contributed by atoms with Crippen molar-refractivity contribution in [3.05, 3.63) is 29.3 Å². The summed E-state index contributed by atoms with van der Waals surface area (Å²) in [7, 11) is 0. The van der Waals surface area contributed by atoms with Gasteiger partial charge in [0.1, 0.15) is 5.75 Å². The van der Waals surface area contributed by atoms with Crippen LogP contribution in [0, 0.1) is 0 Å². The molecule has 2 heteroatoms. The van der Waals surface area contributed by atoms with Crippen molar-refractivity contribution in [3.63, 3.8) is 0 Å². The van der Waals surface area contributed by atoms with Gasteiger partial charge in [-0.3, -0.25) is 0 Å². The highest BCUT2D eigenvalue weighted by molar-refractivity contribution is 5.39. The van der Waals surface area contributed by atoms with Gasteiger partial charge in [0, 0.05) is 12.0 Å². The van der Waals surface area contributed by atoms with E-state index >= 15 is 0 Å². The van der Waals surface area contributed by atoms with Crippen LogP contribution in [-0.2, 0) is 12.8 Å². The van der Waals surface area contributed by atoms with E-state index in [4.69, 9.17) is 4.74 Å². The van der Waals surface area contributed by atoms with E-state index in [1.807, 2.05) is 0 Å². The Morgan fingerprint density at radius 2 is 1.90 bits per heavy atom. The van der Waals surface area contributed by atoms with Gasteiger partial charge in [0.15, 0.2) is 0 Å². The average Bonchev–Trinajstić information content (AvgIpc) is 2.83. The summed E-state index contributed by atoms with van der Waals surface area (Å²) in [6.45, 7) is 8.68. The van der Waals surface area contributed by atoms with Gasteiger partial charge in [-0.15, -0.1) is 0 Å². The summed E-state index contributed by atoms with van der Waals surface area (Å²) in [6, 6.07) is 6.71. The maximum Gasteiger partial charge on any atom is 0.122 e. The highest BCUT2D eigenvalue weighted by atomic mass is 16.5. The van der Waals surface area contributed by atoms with E-state index in [0.717, 1.165) is 25.3 Å². The van der Waals surface area contributed by atoms with Crippen LogP contribution in [0.2, 0.25) is 0 Å². The van der Waals surface area contributed by atoms with Crippen molar-refractivity contribution in [1.82, 2.24) is 5.32 Å². The largest absolute Gasteiger partial charge is 0.493 e. The summed E-state index contributed by atoms with van der Waals surface area (Å²) >= 11 is 0. The summed E-state index contributed by atoms with van der Waals surface area (Å²) in [6.07, 6.45) is 7.54. The third-order valence-corrected chi connectivity index (χ3v) is 3.80. The van der Waals surface area contributed by atoms with E-state index in [1.165, 1.54) is 43.2 Å². The molecule has 0 fully saturated rings. The summed E-state index contributed by atoms with van der Waals surface area (Å²) in [4.78, 5) is 0. The molecule has 0 amide bonds.